The van der Waals surface area contributed by atoms with E-state index in [4.69, 9.17) is 0 Å². The van der Waals surface area contributed by atoms with Gasteiger partial charge >= 0.3 is 0 Å². The fourth-order valence-electron chi connectivity index (χ4n) is 3.95. The molecule has 0 spiro atoms. The zero-order chi connectivity index (χ0) is 17.6. The lowest BCUT2D eigenvalue weighted by molar-refractivity contribution is -0.124. The molecule has 2 fully saturated rings. The van der Waals surface area contributed by atoms with Gasteiger partial charge in [0.05, 0.1) is 17.8 Å². The normalized spacial score (nSPS) is 21.7. The highest BCUT2D eigenvalue weighted by molar-refractivity contribution is 5.80. The number of nitrogens with zero attached hydrogens (tertiary/aromatic N) is 3. The van der Waals surface area contributed by atoms with Crippen LogP contribution >= 0.6 is 0 Å². The fourth-order valence-corrected chi connectivity index (χ4v) is 3.95. The Hall–Kier alpha value is -1.89. The second kappa shape index (κ2) is 8.47. The number of aromatic amines is 1. The van der Waals surface area contributed by atoms with Crippen LogP contribution in [0.3, 0.4) is 0 Å². The molecule has 1 amide bonds. The predicted octanol–water partition coefficient (Wildman–Crippen LogP) is 0.977. The summed E-state index contributed by atoms with van der Waals surface area (Å²) in [5, 5.41) is 9.29. The van der Waals surface area contributed by atoms with Gasteiger partial charge in [0.25, 0.3) is 5.56 Å². The summed E-state index contributed by atoms with van der Waals surface area (Å²) >= 11 is 0. The van der Waals surface area contributed by atoms with Gasteiger partial charge in [-0.1, -0.05) is 19.3 Å². The van der Waals surface area contributed by atoms with Gasteiger partial charge in [-0.2, -0.15) is 5.10 Å². The third-order valence-corrected chi connectivity index (χ3v) is 5.54. The smallest absolute Gasteiger partial charge is 0.266 e. The van der Waals surface area contributed by atoms with E-state index >= 15 is 0 Å². The standard InChI is InChI=1S/C18H29N5O2/c1-22(15-5-3-2-4-6-15)10-8-19-18(25)14-7-9-23(13-14)16-11-17(24)21-20-12-16/h11-12,14-15H,2-10,13H2,1H3,(H,19,25)(H,21,24). The van der Waals surface area contributed by atoms with Crippen LogP contribution in [0.2, 0.25) is 0 Å². The minimum Gasteiger partial charge on any atom is -0.369 e. The average Bonchev–Trinajstić information content (AvgIpc) is 3.12. The number of hydrogen-bond donors (Lipinski definition) is 2. The van der Waals surface area contributed by atoms with E-state index in [1.165, 1.54) is 38.2 Å². The van der Waals surface area contributed by atoms with Gasteiger partial charge in [-0.25, -0.2) is 5.10 Å². The molecule has 2 heterocycles. The molecule has 2 N–H and O–H groups in total. The van der Waals surface area contributed by atoms with Gasteiger partial charge in [-0.05, 0) is 26.3 Å². The first-order chi connectivity index (χ1) is 12.1. The first-order valence-electron chi connectivity index (χ1n) is 9.41. The summed E-state index contributed by atoms with van der Waals surface area (Å²) in [7, 11) is 2.17. The van der Waals surface area contributed by atoms with Crippen LogP contribution in [0, 0.1) is 5.92 Å². The summed E-state index contributed by atoms with van der Waals surface area (Å²) in [5.41, 5.74) is 0.576. The lowest BCUT2D eigenvalue weighted by Gasteiger charge is -2.31. The van der Waals surface area contributed by atoms with Crippen LogP contribution in [0.5, 0.6) is 0 Å². The third-order valence-electron chi connectivity index (χ3n) is 5.54. The van der Waals surface area contributed by atoms with E-state index in [9.17, 15) is 9.59 Å². The number of hydrogen-bond acceptors (Lipinski definition) is 5. The number of likely N-dealkylation sites (N-methyl/N-ethyl adjacent to an activating group) is 1. The highest BCUT2D eigenvalue weighted by atomic mass is 16.2. The molecule has 0 bridgehead atoms. The molecule has 138 valence electrons. The maximum absolute atomic E-state index is 12.4. The molecule has 0 radical (unpaired) electrons. The van der Waals surface area contributed by atoms with Gasteiger partial charge in [-0.15, -0.1) is 0 Å². The fraction of sp³-hybridized carbons (Fsp3) is 0.722. The number of amides is 1. The molecular weight excluding hydrogens is 318 g/mol. The van der Waals surface area contributed by atoms with E-state index in [-0.39, 0.29) is 17.4 Å². The van der Waals surface area contributed by atoms with Gasteiger partial charge in [0.15, 0.2) is 0 Å². The maximum atomic E-state index is 12.4. The van der Waals surface area contributed by atoms with Crippen molar-refractivity contribution < 1.29 is 4.79 Å². The summed E-state index contributed by atoms with van der Waals surface area (Å²) in [6.07, 6.45) is 9.05. The van der Waals surface area contributed by atoms with Crippen molar-refractivity contribution in [1.29, 1.82) is 0 Å². The van der Waals surface area contributed by atoms with Crippen molar-refractivity contribution in [2.45, 2.75) is 44.6 Å². The first-order valence-corrected chi connectivity index (χ1v) is 9.41. The molecule has 1 saturated carbocycles. The Labute approximate surface area is 148 Å². The second-order valence-electron chi connectivity index (χ2n) is 7.30. The number of aromatic nitrogens is 2. The largest absolute Gasteiger partial charge is 0.369 e. The van der Waals surface area contributed by atoms with Crippen molar-refractivity contribution in [3.63, 3.8) is 0 Å². The molecule has 2 aliphatic rings. The Bertz CT molecular complexity index is 626. The molecule has 3 rings (SSSR count). The van der Waals surface area contributed by atoms with Crippen LogP contribution in [-0.4, -0.2) is 60.3 Å². The minimum atomic E-state index is -0.212. The SMILES string of the molecule is CN(CCNC(=O)C1CCN(c2cn[nH]c(=O)c2)C1)C1CCCCC1. The molecule has 25 heavy (non-hydrogen) atoms. The van der Waals surface area contributed by atoms with Crippen LogP contribution < -0.4 is 15.8 Å². The molecule has 1 saturated heterocycles. The quantitative estimate of drug-likeness (QED) is 0.802. The number of H-pyrrole nitrogens is 1. The van der Waals surface area contributed by atoms with Crippen molar-refractivity contribution in [2.75, 3.05) is 38.1 Å². The lowest BCUT2D eigenvalue weighted by Crippen LogP contribution is -2.41. The molecule has 0 aromatic carbocycles. The first kappa shape index (κ1) is 17.9. The molecule has 1 unspecified atom stereocenters. The zero-order valence-electron chi connectivity index (χ0n) is 15.0. The molecule has 1 aromatic heterocycles. The summed E-state index contributed by atoms with van der Waals surface area (Å²) in [6.45, 7) is 3.04. The van der Waals surface area contributed by atoms with E-state index in [1.54, 1.807) is 6.20 Å². The summed E-state index contributed by atoms with van der Waals surface area (Å²) in [6, 6.07) is 2.21. The van der Waals surface area contributed by atoms with Crippen molar-refractivity contribution in [3.05, 3.63) is 22.6 Å². The number of nitrogens with one attached hydrogen (secondary N) is 2. The molecule has 7 heteroatoms. The Morgan fingerprint density at radius 3 is 2.92 bits per heavy atom. The van der Waals surface area contributed by atoms with Gasteiger partial charge in [0.1, 0.15) is 0 Å². The highest BCUT2D eigenvalue weighted by Gasteiger charge is 2.28. The summed E-state index contributed by atoms with van der Waals surface area (Å²) < 4.78 is 0. The monoisotopic (exact) mass is 347 g/mol. The van der Waals surface area contributed by atoms with E-state index < -0.39 is 0 Å². The molecule has 1 atom stereocenters. The number of rotatable bonds is 6. The molecule has 1 aromatic rings. The van der Waals surface area contributed by atoms with Crippen LogP contribution in [0.15, 0.2) is 17.1 Å². The Kier molecular flexibility index (Phi) is 6.07. The minimum absolute atomic E-state index is 0.0146. The predicted molar refractivity (Wildman–Crippen MR) is 97.7 cm³/mol. The number of carbonyl (C=O) groups is 1. The van der Waals surface area contributed by atoms with Gasteiger partial charge in [0.2, 0.25) is 5.91 Å². The van der Waals surface area contributed by atoms with Crippen LogP contribution in [0.25, 0.3) is 0 Å². The van der Waals surface area contributed by atoms with E-state index in [1.807, 2.05) is 0 Å². The Morgan fingerprint density at radius 2 is 2.16 bits per heavy atom. The molecule has 7 nitrogen and oxygen atoms in total. The maximum Gasteiger partial charge on any atom is 0.266 e. The van der Waals surface area contributed by atoms with Crippen LogP contribution in [0.1, 0.15) is 38.5 Å². The number of anilines is 1. The van der Waals surface area contributed by atoms with Crippen LogP contribution in [0.4, 0.5) is 5.69 Å². The van der Waals surface area contributed by atoms with E-state index in [0.717, 1.165) is 25.2 Å². The number of carbonyl (C=O) groups excluding carboxylic acids is 1. The van der Waals surface area contributed by atoms with Crippen molar-refractivity contribution in [1.82, 2.24) is 20.4 Å². The third kappa shape index (κ3) is 4.81. The van der Waals surface area contributed by atoms with Gasteiger partial charge < -0.3 is 15.1 Å². The Balaban J connectivity index is 1.41. The van der Waals surface area contributed by atoms with Crippen LogP contribution in [-0.2, 0) is 4.79 Å². The van der Waals surface area contributed by atoms with Crippen molar-refractivity contribution >= 4 is 11.6 Å². The summed E-state index contributed by atoms with van der Waals surface area (Å²) in [5.74, 6) is 0.108. The average molecular weight is 347 g/mol. The lowest BCUT2D eigenvalue weighted by atomic mass is 9.94. The highest BCUT2D eigenvalue weighted by Crippen LogP contribution is 2.22. The zero-order valence-corrected chi connectivity index (χ0v) is 15.0. The molecule has 1 aliphatic heterocycles. The molecular formula is C18H29N5O2. The van der Waals surface area contributed by atoms with Gasteiger partial charge in [-0.3, -0.25) is 9.59 Å². The topological polar surface area (TPSA) is 81.3 Å². The van der Waals surface area contributed by atoms with Crippen molar-refractivity contribution in [3.8, 4) is 0 Å². The Morgan fingerprint density at radius 1 is 1.36 bits per heavy atom. The molecule has 1 aliphatic carbocycles. The van der Waals surface area contributed by atoms with Crippen molar-refractivity contribution in [2.24, 2.45) is 5.92 Å². The van der Waals surface area contributed by atoms with E-state index in [0.29, 0.717) is 19.1 Å². The second-order valence-corrected chi connectivity index (χ2v) is 7.30. The summed E-state index contributed by atoms with van der Waals surface area (Å²) in [4.78, 5) is 28.2. The van der Waals surface area contributed by atoms with Gasteiger partial charge in [0, 0.05) is 38.3 Å². The van der Waals surface area contributed by atoms with E-state index in [2.05, 4.69) is 32.4 Å².